The third kappa shape index (κ3) is 26.6. The van der Waals surface area contributed by atoms with Gasteiger partial charge in [0, 0.05) is 121 Å². The zero-order valence-corrected chi connectivity index (χ0v) is 74.4. The fourth-order valence-electron chi connectivity index (χ4n) is 23.1. The van der Waals surface area contributed by atoms with Gasteiger partial charge in [-0.1, -0.05) is 49.3 Å². The molecule has 22 nitrogen and oxygen atoms in total. The van der Waals surface area contributed by atoms with Crippen molar-refractivity contribution in [2.75, 3.05) is 192 Å². The van der Waals surface area contributed by atoms with Gasteiger partial charge in [0.1, 0.15) is 0 Å². The van der Waals surface area contributed by atoms with Crippen LogP contribution in [0.4, 0.5) is 6.01 Å². The Labute approximate surface area is 697 Å². The summed E-state index contributed by atoms with van der Waals surface area (Å²) in [5, 5.41) is 8.14. The molecule has 14 aliphatic heterocycles. The van der Waals surface area contributed by atoms with Crippen LogP contribution in [0.25, 0.3) is 0 Å². The van der Waals surface area contributed by atoms with Crippen LogP contribution in [-0.2, 0) is 30.5 Å². The highest BCUT2D eigenvalue weighted by Gasteiger charge is 2.44. The van der Waals surface area contributed by atoms with Crippen molar-refractivity contribution < 1.29 is 28.4 Å². The normalized spacial score (nSPS) is 29.0. The molecule has 1 aromatic carbocycles. The van der Waals surface area contributed by atoms with Gasteiger partial charge in [0.05, 0.1) is 0 Å². The fraction of sp³-hybridized carbons (Fsp3) is 0.860. The van der Waals surface area contributed by atoms with Crippen molar-refractivity contribution in [3.63, 3.8) is 0 Å². The number of benzene rings is 1. The zero-order chi connectivity index (χ0) is 81.3. The molecule has 14 saturated heterocycles. The SMILES string of the molecule is CC(=O)N1CCCC1C1CCN(C)CC1.CCC(=O)N1CCCC1C1CCN(C)CC1.CCC(=O)N1CCC[C@H]1C1CCN(C)CC1.CN1CCC(C2CCCN2C=O)CC1.CN1CCC([C@@H]2CCCN2C(=O)C2CC2)CC1.CN1CCC([C@@H]2CCCN2Cc2ccccc2)CC1.Cc1nnc(N2CCC[C@H]2C2CCN(C)CC2)o1. The van der Waals surface area contributed by atoms with Crippen LogP contribution in [0.1, 0.15) is 238 Å². The van der Waals surface area contributed by atoms with Gasteiger partial charge in [-0.15, -0.1) is 5.10 Å². The van der Waals surface area contributed by atoms with Gasteiger partial charge in [0.15, 0.2) is 0 Å². The van der Waals surface area contributed by atoms with Crippen molar-refractivity contribution >= 4 is 36.1 Å². The average molecular weight is 1600 g/mol. The Morgan fingerprint density at radius 2 is 0.687 bits per heavy atom. The Bertz CT molecular complexity index is 3090. The average Bonchev–Trinajstić information content (AvgIpc) is 1.63. The molecule has 22 heteroatoms. The number of hydrogen-bond donors (Lipinski definition) is 0. The number of piperidine rings is 7. The molecule has 15 aliphatic rings. The quantitative estimate of drug-likeness (QED) is 0.164. The minimum Gasteiger partial charge on any atom is -0.408 e. The van der Waals surface area contributed by atoms with Crippen molar-refractivity contribution in [2.45, 2.75) is 282 Å². The first-order valence-electron chi connectivity index (χ1n) is 47.3. The van der Waals surface area contributed by atoms with Crippen molar-refractivity contribution in [2.24, 2.45) is 47.3 Å². The first-order chi connectivity index (χ1) is 55.7. The highest BCUT2D eigenvalue weighted by Crippen LogP contribution is 2.40. The number of carbonyl (C=O) groups is 5. The summed E-state index contributed by atoms with van der Waals surface area (Å²) in [6.45, 7) is 33.1. The van der Waals surface area contributed by atoms with Crippen LogP contribution < -0.4 is 4.90 Å². The van der Waals surface area contributed by atoms with E-state index in [0.717, 1.165) is 119 Å². The topological polar surface area (TPSA) is 170 Å². The third-order valence-corrected chi connectivity index (χ3v) is 30.4. The van der Waals surface area contributed by atoms with E-state index in [9.17, 15) is 24.0 Å². The Balaban J connectivity index is 0.000000132. The van der Waals surface area contributed by atoms with E-state index in [1.165, 1.54) is 284 Å². The first kappa shape index (κ1) is 90.9. The van der Waals surface area contributed by atoms with Crippen LogP contribution in [-0.4, -0.2) is 333 Å². The van der Waals surface area contributed by atoms with Gasteiger partial charge in [-0.05, 0) is 387 Å². The second-order valence-electron chi connectivity index (χ2n) is 38.4. The number of likely N-dealkylation sites (tertiary alicyclic amines) is 13. The lowest BCUT2D eigenvalue weighted by Crippen LogP contribution is -2.44. The van der Waals surface area contributed by atoms with Crippen molar-refractivity contribution in [3.8, 4) is 0 Å². The number of nitrogens with zero attached hydrogens (tertiary/aromatic N) is 16. The van der Waals surface area contributed by atoms with Crippen LogP contribution in [0.5, 0.6) is 0 Å². The van der Waals surface area contributed by atoms with Gasteiger partial charge in [-0.2, -0.15) is 0 Å². The number of aromatic nitrogens is 2. The predicted octanol–water partition coefficient (Wildman–Crippen LogP) is 12.2. The summed E-state index contributed by atoms with van der Waals surface area (Å²) in [6, 6.07) is 16.0. The lowest BCUT2D eigenvalue weighted by atomic mass is 9.88. The van der Waals surface area contributed by atoms with E-state index in [1.807, 2.05) is 25.7 Å². The molecule has 650 valence electrons. The van der Waals surface area contributed by atoms with Gasteiger partial charge in [0.25, 0.3) is 0 Å². The van der Waals surface area contributed by atoms with Crippen molar-refractivity contribution in [1.29, 1.82) is 0 Å². The molecule has 15 fully saturated rings. The maximum Gasteiger partial charge on any atom is 0.318 e. The van der Waals surface area contributed by atoms with E-state index in [2.05, 4.69) is 154 Å². The second-order valence-corrected chi connectivity index (χ2v) is 38.4. The molecule has 1 aromatic heterocycles. The van der Waals surface area contributed by atoms with Crippen LogP contribution >= 0.6 is 0 Å². The van der Waals surface area contributed by atoms with Crippen molar-refractivity contribution in [3.05, 3.63) is 41.8 Å². The Hall–Kier alpha value is -4.81. The minimum atomic E-state index is 0.274. The molecule has 0 spiro atoms. The minimum absolute atomic E-state index is 0.274. The van der Waals surface area contributed by atoms with Crippen LogP contribution in [0.3, 0.4) is 0 Å². The number of amides is 5. The summed E-state index contributed by atoms with van der Waals surface area (Å²) in [5.41, 5.74) is 1.47. The number of carbonyl (C=O) groups excluding carboxylic acids is 5. The number of rotatable bonds is 14. The van der Waals surface area contributed by atoms with Gasteiger partial charge < -0.3 is 68.1 Å². The maximum absolute atomic E-state index is 12.2. The van der Waals surface area contributed by atoms with Gasteiger partial charge >= 0.3 is 6.01 Å². The molecule has 15 heterocycles. The Morgan fingerprint density at radius 3 is 1.07 bits per heavy atom. The van der Waals surface area contributed by atoms with Crippen LogP contribution in [0.15, 0.2) is 34.7 Å². The highest BCUT2D eigenvalue weighted by atomic mass is 16.4. The van der Waals surface area contributed by atoms with E-state index in [0.29, 0.717) is 78.6 Å². The number of anilines is 1. The summed E-state index contributed by atoms with van der Waals surface area (Å²) in [7, 11) is 15.4. The summed E-state index contributed by atoms with van der Waals surface area (Å²) in [6.07, 6.45) is 40.4. The van der Waals surface area contributed by atoms with Gasteiger partial charge in [-0.25, -0.2) is 0 Å². The highest BCUT2D eigenvalue weighted by molar-refractivity contribution is 5.81. The zero-order valence-electron chi connectivity index (χ0n) is 74.4. The molecule has 0 N–H and O–H groups in total. The van der Waals surface area contributed by atoms with Gasteiger partial charge in [-0.3, -0.25) is 28.9 Å². The molecule has 5 amide bonds. The Morgan fingerprint density at radius 1 is 0.365 bits per heavy atom. The monoisotopic (exact) mass is 1600 g/mol. The molecule has 17 rings (SSSR count). The molecule has 7 atom stereocenters. The summed E-state index contributed by atoms with van der Waals surface area (Å²) >= 11 is 0. The van der Waals surface area contributed by atoms with E-state index in [4.69, 9.17) is 4.42 Å². The summed E-state index contributed by atoms with van der Waals surface area (Å²) < 4.78 is 5.60. The molecular weight excluding hydrogens is 1440 g/mol. The van der Waals surface area contributed by atoms with E-state index < -0.39 is 0 Å². The molecule has 1 aliphatic carbocycles. The summed E-state index contributed by atoms with van der Waals surface area (Å²) in [4.78, 5) is 90.9. The largest absolute Gasteiger partial charge is 0.408 e. The fourth-order valence-corrected chi connectivity index (χ4v) is 23.1. The molecule has 2 aromatic rings. The van der Waals surface area contributed by atoms with Crippen LogP contribution in [0.2, 0.25) is 0 Å². The third-order valence-electron chi connectivity index (χ3n) is 30.4. The first-order valence-corrected chi connectivity index (χ1v) is 47.3. The molecule has 3 unspecified atom stereocenters. The number of hydrogen-bond acceptors (Lipinski definition) is 17. The summed E-state index contributed by atoms with van der Waals surface area (Å²) in [5.74, 6) is 8.08. The lowest BCUT2D eigenvalue weighted by molar-refractivity contribution is -0.135. The second kappa shape index (κ2) is 46.3. The molecular formula is C93H162N16O6. The smallest absolute Gasteiger partial charge is 0.318 e. The maximum atomic E-state index is 12.2. The van der Waals surface area contributed by atoms with E-state index in [1.54, 1.807) is 6.92 Å². The van der Waals surface area contributed by atoms with E-state index in [-0.39, 0.29) is 5.91 Å². The molecule has 0 radical (unpaired) electrons. The van der Waals surface area contributed by atoms with Crippen LogP contribution in [0, 0.1) is 54.3 Å². The standard InChI is InChI=1S/C17H26N2.C14H24N2O.C13H22N4O.2C13H24N2O.C12H22N2O.C11H20N2O/c1-18-12-9-16(10-13-18)17-8-5-11-19(17)14-15-6-3-2-4-7-15;1-15-9-6-11(7-10-15)13-3-2-8-16(13)14(17)12-4-5-12;1-10-14-15-13(18-10)17-7-3-4-12(17)11-5-8-16(2)9-6-11;2*1-3-13(16)15-8-4-5-12(15)11-6-9-14(2)10-7-11;1-10(15)14-7-3-4-12(14)11-5-8-13(2)9-6-11;1-12-7-4-10(5-8-12)11-3-2-6-13(11)9-14/h2-4,6-7,16-17H,5,8-14H2,1H3;11-13H,2-10H2,1H3;11-12H,3-9H2,1-2H3;2*11-12H,3-10H2,1-2H3;11-12H,3-9H2,1-2H3;9-11H,2-8H2,1H3/t17-;13-;2*12-;;;/m0000.../s1. The molecule has 115 heavy (non-hydrogen) atoms. The number of aryl methyl sites for hydroxylation is 1. The van der Waals surface area contributed by atoms with Gasteiger partial charge in [0.2, 0.25) is 35.9 Å². The van der Waals surface area contributed by atoms with E-state index >= 15 is 0 Å². The van der Waals surface area contributed by atoms with Crippen molar-refractivity contribution in [1.82, 2.24) is 73.9 Å². The lowest BCUT2D eigenvalue weighted by Gasteiger charge is -2.37. The Kier molecular flexibility index (Phi) is 36.6. The molecule has 0 bridgehead atoms. The predicted molar refractivity (Wildman–Crippen MR) is 465 cm³/mol. The molecule has 1 saturated carbocycles.